The van der Waals surface area contributed by atoms with Gasteiger partial charge in [-0.15, -0.1) is 0 Å². The van der Waals surface area contributed by atoms with Gasteiger partial charge in [0.25, 0.3) is 5.91 Å². The lowest BCUT2D eigenvalue weighted by Gasteiger charge is -2.09. The summed E-state index contributed by atoms with van der Waals surface area (Å²) < 4.78 is 15.2. The third-order valence-electron chi connectivity index (χ3n) is 3.23. The van der Waals surface area contributed by atoms with E-state index in [1.807, 2.05) is 12.1 Å². The van der Waals surface area contributed by atoms with Crippen LogP contribution in [0.25, 0.3) is 0 Å². The van der Waals surface area contributed by atoms with Crippen LogP contribution in [-0.4, -0.2) is 32.2 Å². The van der Waals surface area contributed by atoms with E-state index in [0.29, 0.717) is 23.1 Å². The van der Waals surface area contributed by atoms with E-state index in [-0.39, 0.29) is 11.6 Å². The van der Waals surface area contributed by atoms with Gasteiger partial charge in [-0.05, 0) is 35.9 Å². The van der Waals surface area contributed by atoms with Gasteiger partial charge in [0.05, 0.1) is 12.1 Å². The summed E-state index contributed by atoms with van der Waals surface area (Å²) in [6.45, 7) is -0.477. The standard InChI is InChI=1S/C18H17Cl2NO5/c1-24-14-4-2-3-12(7-14)9-21-17(22)10-26-18(23)11-25-16-6-5-13(19)8-15(16)20/h2-8H,9-11H2,1H3,(H,21,22). The van der Waals surface area contributed by atoms with E-state index in [0.717, 1.165) is 5.56 Å². The van der Waals surface area contributed by atoms with Gasteiger partial charge in [0.1, 0.15) is 11.5 Å². The summed E-state index contributed by atoms with van der Waals surface area (Å²) >= 11 is 11.7. The van der Waals surface area contributed by atoms with E-state index in [1.54, 1.807) is 31.4 Å². The van der Waals surface area contributed by atoms with Crippen molar-refractivity contribution in [3.63, 3.8) is 0 Å². The number of amides is 1. The molecule has 0 radical (unpaired) electrons. The first-order valence-electron chi connectivity index (χ1n) is 7.61. The number of methoxy groups -OCH3 is 1. The van der Waals surface area contributed by atoms with Crippen molar-refractivity contribution in [2.75, 3.05) is 20.3 Å². The number of esters is 1. The highest BCUT2D eigenvalue weighted by atomic mass is 35.5. The van der Waals surface area contributed by atoms with Crippen molar-refractivity contribution in [2.24, 2.45) is 0 Å². The Morgan fingerprint density at radius 3 is 2.62 bits per heavy atom. The molecule has 0 aromatic heterocycles. The lowest BCUT2D eigenvalue weighted by Crippen LogP contribution is -2.29. The Labute approximate surface area is 160 Å². The molecule has 0 atom stereocenters. The van der Waals surface area contributed by atoms with E-state index in [9.17, 15) is 9.59 Å². The molecule has 0 aliphatic carbocycles. The third-order valence-corrected chi connectivity index (χ3v) is 3.76. The van der Waals surface area contributed by atoms with E-state index in [4.69, 9.17) is 37.4 Å². The summed E-state index contributed by atoms with van der Waals surface area (Å²) in [5, 5.41) is 3.38. The van der Waals surface area contributed by atoms with E-state index in [2.05, 4.69) is 5.32 Å². The maximum Gasteiger partial charge on any atom is 0.344 e. The zero-order chi connectivity index (χ0) is 18.9. The van der Waals surface area contributed by atoms with Gasteiger partial charge in [0.2, 0.25) is 0 Å². The number of ether oxygens (including phenoxy) is 3. The number of benzene rings is 2. The summed E-state index contributed by atoms with van der Waals surface area (Å²) in [5.41, 5.74) is 0.866. The quantitative estimate of drug-likeness (QED) is 0.692. The summed E-state index contributed by atoms with van der Waals surface area (Å²) in [4.78, 5) is 23.4. The molecule has 1 amide bonds. The van der Waals surface area contributed by atoms with Crippen molar-refractivity contribution in [1.29, 1.82) is 0 Å². The van der Waals surface area contributed by atoms with E-state index >= 15 is 0 Å². The van der Waals surface area contributed by atoms with Gasteiger partial charge in [0.15, 0.2) is 13.2 Å². The number of hydrogen-bond donors (Lipinski definition) is 1. The Hall–Kier alpha value is -2.44. The lowest BCUT2D eigenvalue weighted by molar-refractivity contribution is -0.150. The zero-order valence-corrected chi connectivity index (χ0v) is 15.5. The molecule has 6 nitrogen and oxygen atoms in total. The van der Waals surface area contributed by atoms with Crippen molar-refractivity contribution < 1.29 is 23.8 Å². The number of halogens is 2. The molecule has 1 N–H and O–H groups in total. The predicted molar refractivity (Wildman–Crippen MR) is 97.8 cm³/mol. The van der Waals surface area contributed by atoms with Crippen molar-refractivity contribution in [1.82, 2.24) is 5.32 Å². The van der Waals surface area contributed by atoms with Crippen LogP contribution in [0.1, 0.15) is 5.56 Å². The van der Waals surface area contributed by atoms with Gasteiger partial charge in [-0.2, -0.15) is 0 Å². The molecule has 0 spiro atoms. The Morgan fingerprint density at radius 1 is 1.08 bits per heavy atom. The minimum absolute atomic E-state index is 0.279. The van der Waals surface area contributed by atoms with Crippen LogP contribution in [-0.2, 0) is 20.9 Å². The number of carbonyl (C=O) groups excluding carboxylic acids is 2. The van der Waals surface area contributed by atoms with E-state index < -0.39 is 18.5 Å². The largest absolute Gasteiger partial charge is 0.497 e. The fourth-order valence-corrected chi connectivity index (χ4v) is 2.41. The van der Waals surface area contributed by atoms with Gasteiger partial charge < -0.3 is 19.5 Å². The zero-order valence-electron chi connectivity index (χ0n) is 14.0. The van der Waals surface area contributed by atoms with Crippen LogP contribution >= 0.6 is 23.2 Å². The molecule has 2 aromatic carbocycles. The average molecular weight is 398 g/mol. The Bertz CT molecular complexity index is 782. The highest BCUT2D eigenvalue weighted by Gasteiger charge is 2.10. The lowest BCUT2D eigenvalue weighted by atomic mass is 10.2. The van der Waals surface area contributed by atoms with Crippen LogP contribution in [0.3, 0.4) is 0 Å². The molecule has 0 aliphatic rings. The van der Waals surface area contributed by atoms with Crippen LogP contribution in [0, 0.1) is 0 Å². The second-order valence-electron chi connectivity index (χ2n) is 5.15. The maximum atomic E-state index is 11.7. The van der Waals surface area contributed by atoms with Crippen molar-refractivity contribution >= 4 is 35.1 Å². The molecule has 0 heterocycles. The molecule has 0 bridgehead atoms. The first kappa shape index (κ1) is 19.9. The van der Waals surface area contributed by atoms with Crippen LogP contribution < -0.4 is 14.8 Å². The first-order chi connectivity index (χ1) is 12.5. The van der Waals surface area contributed by atoms with Crippen molar-refractivity contribution in [3.8, 4) is 11.5 Å². The Balaban J connectivity index is 1.70. The number of carbonyl (C=O) groups is 2. The molecule has 0 saturated heterocycles. The highest BCUT2D eigenvalue weighted by molar-refractivity contribution is 6.35. The van der Waals surface area contributed by atoms with Gasteiger partial charge in [0, 0.05) is 11.6 Å². The first-order valence-corrected chi connectivity index (χ1v) is 8.36. The predicted octanol–water partition coefficient (Wildman–Crippen LogP) is 3.24. The fourth-order valence-electron chi connectivity index (χ4n) is 1.95. The minimum Gasteiger partial charge on any atom is -0.497 e. The molecule has 2 aromatic rings. The van der Waals surface area contributed by atoms with Gasteiger partial charge in [-0.25, -0.2) is 4.79 Å². The summed E-state index contributed by atoms with van der Waals surface area (Å²) in [7, 11) is 1.57. The van der Waals surface area contributed by atoms with Crippen LogP contribution in [0.2, 0.25) is 10.0 Å². The summed E-state index contributed by atoms with van der Waals surface area (Å²) in [6, 6.07) is 11.9. The van der Waals surface area contributed by atoms with Gasteiger partial charge in [-0.1, -0.05) is 35.3 Å². The third kappa shape index (κ3) is 6.46. The second kappa shape index (κ2) is 9.89. The molecule has 26 heavy (non-hydrogen) atoms. The molecular formula is C18H17Cl2NO5. The molecular weight excluding hydrogens is 381 g/mol. The van der Waals surface area contributed by atoms with Crippen molar-refractivity contribution in [2.45, 2.75) is 6.54 Å². The molecule has 0 saturated carbocycles. The number of nitrogens with one attached hydrogen (secondary N) is 1. The monoisotopic (exact) mass is 397 g/mol. The van der Waals surface area contributed by atoms with Gasteiger partial charge >= 0.3 is 5.97 Å². The van der Waals surface area contributed by atoms with E-state index in [1.165, 1.54) is 6.07 Å². The normalized spacial score (nSPS) is 10.1. The second-order valence-corrected chi connectivity index (χ2v) is 6.00. The molecule has 0 fully saturated rings. The summed E-state index contributed by atoms with van der Waals surface area (Å²) in [6.07, 6.45) is 0. The van der Waals surface area contributed by atoms with Crippen LogP contribution in [0.15, 0.2) is 42.5 Å². The number of rotatable bonds is 8. The SMILES string of the molecule is COc1cccc(CNC(=O)COC(=O)COc2ccc(Cl)cc2Cl)c1. The minimum atomic E-state index is -0.687. The topological polar surface area (TPSA) is 73.9 Å². The van der Waals surface area contributed by atoms with Crippen LogP contribution in [0.5, 0.6) is 11.5 Å². The van der Waals surface area contributed by atoms with Gasteiger partial charge in [-0.3, -0.25) is 4.79 Å². The fraction of sp³-hybridized carbons (Fsp3) is 0.222. The van der Waals surface area contributed by atoms with Crippen LogP contribution in [0.4, 0.5) is 0 Å². The highest BCUT2D eigenvalue weighted by Crippen LogP contribution is 2.27. The summed E-state index contributed by atoms with van der Waals surface area (Å²) in [5.74, 6) is -0.116. The van der Waals surface area contributed by atoms with Crippen molar-refractivity contribution in [3.05, 3.63) is 58.1 Å². The number of hydrogen-bond acceptors (Lipinski definition) is 5. The average Bonchev–Trinajstić information content (AvgIpc) is 2.64. The smallest absolute Gasteiger partial charge is 0.344 e. The Morgan fingerprint density at radius 2 is 1.88 bits per heavy atom. The molecule has 138 valence electrons. The maximum absolute atomic E-state index is 11.7. The Kier molecular flexibility index (Phi) is 7.56. The molecule has 2 rings (SSSR count). The molecule has 0 unspecified atom stereocenters. The molecule has 8 heteroatoms. The molecule has 0 aliphatic heterocycles.